The molecule has 0 saturated heterocycles. The lowest BCUT2D eigenvalue weighted by Gasteiger charge is -2.12. The molecule has 0 radical (unpaired) electrons. The third-order valence-electron chi connectivity index (χ3n) is 13.9. The molecule has 0 fully saturated rings. The minimum Gasteiger partial charge on any atom is -0.268 e. The third-order valence-corrected chi connectivity index (χ3v) is 13.9. The minimum atomic E-state index is -2.15. The van der Waals surface area contributed by atoms with Crippen LogP contribution in [0.15, 0.2) is 116 Å². The van der Waals surface area contributed by atoms with Crippen molar-refractivity contribution in [1.29, 1.82) is 0 Å². The fraction of sp³-hybridized carbons (Fsp3) is 0. The Balaban J connectivity index is 0.000000131. The van der Waals surface area contributed by atoms with Crippen LogP contribution < -0.4 is 22.2 Å². The molecule has 20 heteroatoms. The van der Waals surface area contributed by atoms with Gasteiger partial charge in [-0.25, -0.2) is 55.1 Å². The molecule has 0 aliphatic heterocycles. The highest BCUT2D eigenvalue weighted by atomic mass is 19.2. The zero-order valence-electron chi connectivity index (χ0n) is 35.5. The van der Waals surface area contributed by atoms with Crippen LogP contribution in [0.25, 0.3) is 131 Å². The van der Waals surface area contributed by atoms with Crippen molar-refractivity contribution in [2.45, 2.75) is 0 Å². The maximum absolute atomic E-state index is 14.8. The number of fused-ring (bicyclic) bond motifs is 16. The molecule has 0 saturated carbocycles. The Labute approximate surface area is 388 Å². The maximum Gasteiger partial charge on any atom is 0.264 e. The molecule has 12 nitrogen and oxygen atoms in total. The van der Waals surface area contributed by atoms with E-state index in [9.17, 15) is 54.3 Å². The Kier molecular flexibility index (Phi) is 7.32. The molecule has 0 unspecified atom stereocenters. The van der Waals surface area contributed by atoms with Gasteiger partial charge >= 0.3 is 0 Å². The summed E-state index contributed by atoms with van der Waals surface area (Å²) in [7, 11) is 0. The van der Waals surface area contributed by atoms with Crippen molar-refractivity contribution >= 4 is 131 Å². The van der Waals surface area contributed by atoms with Gasteiger partial charge in [-0.15, -0.1) is 0 Å². The first kappa shape index (κ1) is 40.2. The summed E-state index contributed by atoms with van der Waals surface area (Å²) in [6.07, 6.45) is 0. The number of hydrogen-bond donors (Lipinski definition) is 0. The summed E-state index contributed by atoms with van der Waals surface area (Å²) in [6, 6.07) is 27.6. The lowest BCUT2D eigenvalue weighted by Crippen LogP contribution is -2.17. The molecular formula is C52H16F8N8O4. The molecule has 8 heterocycles. The number of benzene rings is 8. The summed E-state index contributed by atoms with van der Waals surface area (Å²) in [6.45, 7) is 0. The van der Waals surface area contributed by atoms with Gasteiger partial charge in [0.25, 0.3) is 22.2 Å². The number of para-hydroxylation sites is 4. The summed E-state index contributed by atoms with van der Waals surface area (Å²) in [5, 5.41) is 4.15. The topological polar surface area (TPSA) is 137 Å². The summed E-state index contributed by atoms with van der Waals surface area (Å²) in [4.78, 5) is 71.5. The van der Waals surface area contributed by atoms with Crippen molar-refractivity contribution in [2.24, 2.45) is 0 Å². The number of imidazole rings is 4. The zero-order chi connectivity index (χ0) is 49.2. The van der Waals surface area contributed by atoms with Crippen molar-refractivity contribution in [1.82, 2.24) is 37.5 Å². The highest BCUT2D eigenvalue weighted by molar-refractivity contribution is 6.29. The van der Waals surface area contributed by atoms with Gasteiger partial charge in [0.1, 0.15) is 44.7 Å². The van der Waals surface area contributed by atoms with Gasteiger partial charge in [-0.05, 0) is 72.8 Å². The van der Waals surface area contributed by atoms with E-state index in [2.05, 4.69) is 9.97 Å². The Morgan fingerprint density at radius 1 is 0.292 bits per heavy atom. The van der Waals surface area contributed by atoms with Crippen LogP contribution in [-0.4, -0.2) is 37.5 Å². The molecule has 0 N–H and O–H groups in total. The molecule has 16 aromatic rings. The lowest BCUT2D eigenvalue weighted by atomic mass is 9.96. The third kappa shape index (κ3) is 4.53. The van der Waals surface area contributed by atoms with Crippen molar-refractivity contribution < 1.29 is 35.1 Å². The summed E-state index contributed by atoms with van der Waals surface area (Å²) in [5.41, 5.74) is -2.56. The quantitative estimate of drug-likeness (QED) is 0.0634. The molecular weight excluding hydrogens is 953 g/mol. The minimum absolute atomic E-state index is 0.0227. The molecule has 0 aliphatic rings. The average molecular weight is 969 g/mol. The van der Waals surface area contributed by atoms with Gasteiger partial charge in [0, 0.05) is 64.6 Å². The maximum atomic E-state index is 14.8. The second kappa shape index (κ2) is 13.1. The van der Waals surface area contributed by atoms with E-state index in [0.29, 0.717) is 30.9 Å². The van der Waals surface area contributed by atoms with Gasteiger partial charge in [0.2, 0.25) is 0 Å². The van der Waals surface area contributed by atoms with Crippen molar-refractivity contribution in [2.75, 3.05) is 0 Å². The standard InChI is InChI=1S/C26H4F8N4O2.C26H12N4O2/c27-11-13(29)17(33)21-19(15(11)31)35-23-5-1-3-7-10-6(2-4-8(9(5)10)26(40)37(21)23)24-36-20-16(32)12(28)14(30)18(34)22(20)38(24)25(7)39;31-25-15-12-10-14-22-16(26(32)30-20-8-4-2-6-18(20)28-24(14)30)11-9-13(21(15)22)23-27-17-5-1-3-7-19(17)29(23)25/h1-4H;1-12H. The smallest absolute Gasteiger partial charge is 0.264 e. The summed E-state index contributed by atoms with van der Waals surface area (Å²) >= 11 is 0. The van der Waals surface area contributed by atoms with Gasteiger partial charge in [-0.3, -0.25) is 36.8 Å². The normalized spacial score (nSPS) is 12.7. The number of halogens is 8. The molecule has 8 aromatic heterocycles. The SMILES string of the molecule is O=c1c2ccc3c4c(ccc(c24)c2nc4c(F)c(F)c(F)c(F)c4n12)c(=O)n1c3nc2c(F)c(F)c(F)c(F)c21.O=c1c2ccc3c4c(ccc(c24)c2nc4ccccc4n12)c(=O)n1c2ccccc2nc31. The number of rotatable bonds is 0. The van der Waals surface area contributed by atoms with Crippen LogP contribution >= 0.6 is 0 Å². The molecule has 0 atom stereocenters. The highest BCUT2D eigenvalue weighted by Crippen LogP contribution is 2.40. The van der Waals surface area contributed by atoms with Gasteiger partial charge in [-0.2, -0.15) is 0 Å². The summed E-state index contributed by atoms with van der Waals surface area (Å²) < 4.78 is 119. The fourth-order valence-electron chi connectivity index (χ4n) is 10.9. The van der Waals surface area contributed by atoms with Gasteiger partial charge in [0.05, 0.1) is 22.1 Å². The second-order valence-corrected chi connectivity index (χ2v) is 17.3. The van der Waals surface area contributed by atoms with Crippen LogP contribution in [0.1, 0.15) is 0 Å². The van der Waals surface area contributed by atoms with Crippen LogP contribution in [0.2, 0.25) is 0 Å². The van der Waals surface area contributed by atoms with E-state index < -0.39 is 91.0 Å². The number of aromatic nitrogens is 8. The Bertz CT molecular complexity index is 5170. The van der Waals surface area contributed by atoms with Crippen molar-refractivity contribution in [3.8, 4) is 0 Å². The summed E-state index contributed by atoms with van der Waals surface area (Å²) in [5.74, 6) is -15.9. The molecule has 0 bridgehead atoms. The van der Waals surface area contributed by atoms with E-state index in [4.69, 9.17) is 9.97 Å². The van der Waals surface area contributed by atoms with E-state index in [0.717, 1.165) is 43.6 Å². The predicted molar refractivity (Wildman–Crippen MR) is 252 cm³/mol. The van der Waals surface area contributed by atoms with E-state index in [1.807, 2.05) is 72.8 Å². The molecule has 344 valence electrons. The van der Waals surface area contributed by atoms with Gasteiger partial charge in [-0.1, -0.05) is 24.3 Å². The first-order valence-corrected chi connectivity index (χ1v) is 21.6. The highest BCUT2D eigenvalue weighted by Gasteiger charge is 2.31. The molecule has 16 rings (SSSR count). The van der Waals surface area contributed by atoms with E-state index >= 15 is 0 Å². The van der Waals surface area contributed by atoms with Crippen LogP contribution in [0, 0.1) is 46.5 Å². The van der Waals surface area contributed by atoms with Crippen LogP contribution in [0.5, 0.6) is 0 Å². The lowest BCUT2D eigenvalue weighted by molar-refractivity contribution is 0.416. The Hall–Kier alpha value is -9.72. The average Bonchev–Trinajstić information content (AvgIpc) is 4.20. The number of pyridine rings is 4. The first-order chi connectivity index (χ1) is 34.8. The van der Waals surface area contributed by atoms with Crippen LogP contribution in [0.3, 0.4) is 0 Å². The van der Waals surface area contributed by atoms with Gasteiger partial charge in [0.15, 0.2) is 46.5 Å². The second-order valence-electron chi connectivity index (χ2n) is 17.3. The monoisotopic (exact) mass is 968 g/mol. The Morgan fingerprint density at radius 3 is 0.917 bits per heavy atom. The van der Waals surface area contributed by atoms with Gasteiger partial charge < -0.3 is 0 Å². The van der Waals surface area contributed by atoms with E-state index in [1.165, 1.54) is 24.3 Å². The Morgan fingerprint density at radius 2 is 0.569 bits per heavy atom. The van der Waals surface area contributed by atoms with Crippen LogP contribution in [0.4, 0.5) is 35.1 Å². The van der Waals surface area contributed by atoms with Crippen molar-refractivity contribution in [3.63, 3.8) is 0 Å². The predicted octanol–water partition coefficient (Wildman–Crippen LogP) is 9.80. The molecule has 0 aliphatic carbocycles. The molecule has 72 heavy (non-hydrogen) atoms. The number of nitrogens with zero attached hydrogens (tertiary/aromatic N) is 8. The first-order valence-electron chi connectivity index (χ1n) is 21.6. The molecule has 8 aromatic carbocycles. The molecule has 0 spiro atoms. The molecule has 0 amide bonds. The fourth-order valence-corrected chi connectivity index (χ4v) is 10.9. The van der Waals surface area contributed by atoms with Crippen LogP contribution in [-0.2, 0) is 0 Å². The van der Waals surface area contributed by atoms with E-state index in [1.54, 1.807) is 8.80 Å². The number of hydrogen-bond acceptors (Lipinski definition) is 8. The zero-order valence-corrected chi connectivity index (χ0v) is 35.5. The van der Waals surface area contributed by atoms with E-state index in [-0.39, 0.29) is 43.4 Å². The van der Waals surface area contributed by atoms with Crippen molar-refractivity contribution in [3.05, 3.63) is 185 Å². The largest absolute Gasteiger partial charge is 0.268 e.